The van der Waals surface area contributed by atoms with Crippen molar-refractivity contribution in [3.05, 3.63) is 59.7 Å². The van der Waals surface area contributed by atoms with Gasteiger partial charge in [0, 0.05) is 17.7 Å². The van der Waals surface area contributed by atoms with Crippen molar-refractivity contribution in [3.63, 3.8) is 0 Å². The number of rotatable bonds is 7. The Kier molecular flexibility index (Phi) is 6.22. The number of thioether (sulfide) groups is 1. The van der Waals surface area contributed by atoms with E-state index in [1.165, 1.54) is 4.90 Å². The second-order valence-corrected chi connectivity index (χ2v) is 8.04. The van der Waals surface area contributed by atoms with Gasteiger partial charge in [0.05, 0.1) is 25.0 Å². The second-order valence-electron chi connectivity index (χ2n) is 7.10. The zero-order chi connectivity index (χ0) is 22.7. The predicted molar refractivity (Wildman–Crippen MR) is 122 cm³/mol. The van der Waals surface area contributed by atoms with E-state index in [9.17, 15) is 14.4 Å². The van der Waals surface area contributed by atoms with Gasteiger partial charge in [-0.1, -0.05) is 42.1 Å². The molecule has 9 nitrogen and oxygen atoms in total. The third-order valence-corrected chi connectivity index (χ3v) is 5.90. The SMILES string of the molecule is COc1ccccc1CNC(=O)C[C@H]1N=C2c3ccccc3N=C(SCC(N)=O)N2C1=O. The van der Waals surface area contributed by atoms with E-state index in [2.05, 4.69) is 15.3 Å². The fraction of sp³-hybridized carbons (Fsp3) is 0.227. The van der Waals surface area contributed by atoms with Crippen molar-refractivity contribution in [1.29, 1.82) is 0 Å². The molecule has 0 bridgehead atoms. The summed E-state index contributed by atoms with van der Waals surface area (Å²) < 4.78 is 5.29. The molecule has 4 rings (SSSR count). The molecular formula is C22H21N5O4S. The van der Waals surface area contributed by atoms with E-state index < -0.39 is 11.9 Å². The standard InChI is InChI=1S/C22H21N5O4S/c1-31-17-9-5-2-6-13(17)11-24-19(29)10-16-21(30)27-20(25-16)14-7-3-4-8-15(14)26-22(27)32-12-18(23)28/h2-9,16H,10-12H2,1H3,(H2,23,28)(H,24,29)/t16-/m1/s1. The van der Waals surface area contributed by atoms with Crippen molar-refractivity contribution in [1.82, 2.24) is 10.2 Å². The average Bonchev–Trinajstić information content (AvgIpc) is 3.12. The number of amides is 3. The largest absolute Gasteiger partial charge is 0.496 e. The van der Waals surface area contributed by atoms with Gasteiger partial charge in [0.1, 0.15) is 17.6 Å². The third-order valence-electron chi connectivity index (χ3n) is 4.94. The van der Waals surface area contributed by atoms with Gasteiger partial charge in [-0.25, -0.2) is 9.89 Å². The molecule has 0 saturated heterocycles. The molecule has 0 aliphatic carbocycles. The number of methoxy groups -OCH3 is 1. The summed E-state index contributed by atoms with van der Waals surface area (Å²) in [5.74, 6) is -0.120. The molecule has 3 N–H and O–H groups in total. The first kappa shape index (κ1) is 21.6. The van der Waals surface area contributed by atoms with Gasteiger partial charge in [0.2, 0.25) is 11.8 Å². The van der Waals surface area contributed by atoms with Gasteiger partial charge in [-0.05, 0) is 18.2 Å². The molecule has 0 fully saturated rings. The van der Waals surface area contributed by atoms with Crippen molar-refractivity contribution in [2.45, 2.75) is 19.0 Å². The van der Waals surface area contributed by atoms with E-state index >= 15 is 0 Å². The summed E-state index contributed by atoms with van der Waals surface area (Å²) in [5, 5.41) is 3.14. The van der Waals surface area contributed by atoms with Gasteiger partial charge >= 0.3 is 0 Å². The smallest absolute Gasteiger partial charge is 0.259 e. The number of carbonyl (C=O) groups excluding carboxylic acids is 3. The molecule has 2 aromatic carbocycles. The molecular weight excluding hydrogens is 430 g/mol. The molecule has 0 saturated carbocycles. The highest BCUT2D eigenvalue weighted by molar-refractivity contribution is 8.14. The number of para-hydroxylation sites is 2. The average molecular weight is 452 g/mol. The fourth-order valence-electron chi connectivity index (χ4n) is 3.46. The monoisotopic (exact) mass is 451 g/mol. The van der Waals surface area contributed by atoms with E-state index in [1.807, 2.05) is 42.5 Å². The molecule has 164 valence electrons. The van der Waals surface area contributed by atoms with Crippen LogP contribution in [-0.4, -0.2) is 52.5 Å². The Bertz CT molecular complexity index is 1150. The topological polar surface area (TPSA) is 126 Å². The van der Waals surface area contributed by atoms with E-state index in [0.29, 0.717) is 28.0 Å². The molecule has 2 aliphatic heterocycles. The number of nitrogens with two attached hydrogens (primary N) is 1. The van der Waals surface area contributed by atoms with Crippen LogP contribution in [0.25, 0.3) is 0 Å². The Morgan fingerprint density at radius 3 is 2.72 bits per heavy atom. The van der Waals surface area contributed by atoms with Crippen LogP contribution >= 0.6 is 11.8 Å². The zero-order valence-electron chi connectivity index (χ0n) is 17.3. The molecule has 2 aromatic rings. The highest BCUT2D eigenvalue weighted by Crippen LogP contribution is 2.34. The number of carbonyl (C=O) groups is 3. The maximum absolute atomic E-state index is 13.1. The van der Waals surface area contributed by atoms with E-state index in [-0.39, 0.29) is 30.5 Å². The lowest BCUT2D eigenvalue weighted by atomic mass is 10.1. The van der Waals surface area contributed by atoms with E-state index in [4.69, 9.17) is 10.5 Å². The summed E-state index contributed by atoms with van der Waals surface area (Å²) in [6.07, 6.45) is -0.107. The summed E-state index contributed by atoms with van der Waals surface area (Å²) >= 11 is 1.07. The minimum absolute atomic E-state index is 0.0257. The van der Waals surface area contributed by atoms with Crippen LogP contribution in [-0.2, 0) is 20.9 Å². The minimum atomic E-state index is -0.881. The Labute approximate surface area is 188 Å². The summed E-state index contributed by atoms with van der Waals surface area (Å²) in [5.41, 5.74) is 7.43. The first-order chi connectivity index (χ1) is 15.5. The van der Waals surface area contributed by atoms with Gasteiger partial charge in [-0.3, -0.25) is 19.4 Å². The van der Waals surface area contributed by atoms with Gasteiger partial charge in [-0.15, -0.1) is 0 Å². The molecule has 0 radical (unpaired) electrons. The molecule has 10 heteroatoms. The third kappa shape index (κ3) is 4.35. The quantitative estimate of drug-likeness (QED) is 0.661. The van der Waals surface area contributed by atoms with Crippen molar-refractivity contribution in [3.8, 4) is 5.75 Å². The second kappa shape index (κ2) is 9.23. The molecule has 0 aromatic heterocycles. The number of hydrogen-bond acceptors (Lipinski definition) is 7. The number of primary amides is 1. The maximum atomic E-state index is 13.1. The van der Waals surface area contributed by atoms with Gasteiger partial charge in [0.15, 0.2) is 5.17 Å². The number of hydrogen-bond donors (Lipinski definition) is 2. The summed E-state index contributed by atoms with van der Waals surface area (Å²) in [6, 6.07) is 13.8. The van der Waals surface area contributed by atoms with Crippen LogP contribution in [0.15, 0.2) is 58.5 Å². The van der Waals surface area contributed by atoms with Crippen LogP contribution in [0.3, 0.4) is 0 Å². The molecule has 0 spiro atoms. The highest BCUT2D eigenvalue weighted by atomic mass is 32.2. The van der Waals surface area contributed by atoms with E-state index in [1.54, 1.807) is 13.2 Å². The molecule has 2 heterocycles. The first-order valence-electron chi connectivity index (χ1n) is 9.87. The summed E-state index contributed by atoms with van der Waals surface area (Å²) in [6.45, 7) is 0.272. The Morgan fingerprint density at radius 2 is 1.94 bits per heavy atom. The van der Waals surface area contributed by atoms with Crippen molar-refractivity contribution in [2.75, 3.05) is 12.9 Å². The summed E-state index contributed by atoms with van der Waals surface area (Å²) in [7, 11) is 1.57. The summed E-state index contributed by atoms with van der Waals surface area (Å²) in [4.78, 5) is 47.4. The normalized spacial score (nSPS) is 16.6. The van der Waals surface area contributed by atoms with Gasteiger partial charge in [0.25, 0.3) is 5.91 Å². The number of benzene rings is 2. The van der Waals surface area contributed by atoms with E-state index in [0.717, 1.165) is 17.3 Å². The van der Waals surface area contributed by atoms with Crippen LogP contribution < -0.4 is 15.8 Å². The van der Waals surface area contributed by atoms with Crippen molar-refractivity contribution >= 4 is 46.2 Å². The van der Waals surface area contributed by atoms with Gasteiger partial charge in [-0.2, -0.15) is 0 Å². The van der Waals surface area contributed by atoms with Crippen LogP contribution in [0.5, 0.6) is 5.75 Å². The van der Waals surface area contributed by atoms with Crippen molar-refractivity contribution in [2.24, 2.45) is 15.7 Å². The van der Waals surface area contributed by atoms with Crippen LogP contribution in [0.1, 0.15) is 17.5 Å². The molecule has 3 amide bonds. The van der Waals surface area contributed by atoms with Crippen LogP contribution in [0, 0.1) is 0 Å². The number of nitrogens with one attached hydrogen (secondary N) is 1. The molecule has 1 atom stereocenters. The predicted octanol–water partition coefficient (Wildman–Crippen LogP) is 1.58. The lowest BCUT2D eigenvalue weighted by Gasteiger charge is -2.25. The molecule has 0 unspecified atom stereocenters. The first-order valence-corrected chi connectivity index (χ1v) is 10.9. The lowest BCUT2D eigenvalue weighted by Crippen LogP contribution is -2.42. The van der Waals surface area contributed by atoms with Crippen LogP contribution in [0.4, 0.5) is 5.69 Å². The number of fused-ring (bicyclic) bond motifs is 3. The maximum Gasteiger partial charge on any atom is 0.259 e. The molecule has 2 aliphatic rings. The Balaban J connectivity index is 1.50. The number of ether oxygens (including phenoxy) is 1. The number of nitrogens with zero attached hydrogens (tertiary/aromatic N) is 3. The Hall–Kier alpha value is -3.66. The van der Waals surface area contributed by atoms with Crippen LogP contribution in [0.2, 0.25) is 0 Å². The van der Waals surface area contributed by atoms with Gasteiger partial charge < -0.3 is 15.8 Å². The Morgan fingerprint density at radius 1 is 1.19 bits per heavy atom. The highest BCUT2D eigenvalue weighted by Gasteiger charge is 2.42. The lowest BCUT2D eigenvalue weighted by molar-refractivity contribution is -0.128. The zero-order valence-corrected chi connectivity index (χ0v) is 18.1. The fourth-order valence-corrected chi connectivity index (χ4v) is 4.20. The van der Waals surface area contributed by atoms with Crippen molar-refractivity contribution < 1.29 is 19.1 Å². The minimum Gasteiger partial charge on any atom is -0.496 e. The number of amidine groups is 2. The molecule has 32 heavy (non-hydrogen) atoms. The number of aliphatic imine (C=N–C) groups is 2.